The van der Waals surface area contributed by atoms with Gasteiger partial charge in [0, 0.05) is 30.1 Å². The Morgan fingerprint density at radius 3 is 2.50 bits per heavy atom. The first-order valence-electron chi connectivity index (χ1n) is 7.45. The van der Waals surface area contributed by atoms with Crippen LogP contribution in [0.25, 0.3) is 10.9 Å². The Kier molecular flexibility index (Phi) is 4.29. The summed E-state index contributed by atoms with van der Waals surface area (Å²) in [4.78, 5) is 26.6. The summed E-state index contributed by atoms with van der Waals surface area (Å²) in [7, 11) is 1.57. The lowest BCUT2D eigenvalue weighted by atomic mass is 10.1. The molecule has 24 heavy (non-hydrogen) atoms. The molecular formula is C18H16FN3O2. The van der Waals surface area contributed by atoms with Crippen LogP contribution in [0.15, 0.2) is 48.5 Å². The number of hydrogen-bond donors (Lipinski definition) is 3. The molecule has 0 aliphatic rings. The van der Waals surface area contributed by atoms with E-state index in [0.717, 1.165) is 5.56 Å². The van der Waals surface area contributed by atoms with Crippen molar-refractivity contribution in [3.05, 3.63) is 71.2 Å². The Balaban J connectivity index is 1.68. The monoisotopic (exact) mass is 325 g/mol. The van der Waals surface area contributed by atoms with Gasteiger partial charge < -0.3 is 15.6 Å². The van der Waals surface area contributed by atoms with Crippen LogP contribution < -0.4 is 10.6 Å². The zero-order chi connectivity index (χ0) is 17.1. The Hall–Kier alpha value is -3.15. The molecule has 1 heterocycles. The Labute approximate surface area is 137 Å². The van der Waals surface area contributed by atoms with Gasteiger partial charge in [-0.3, -0.25) is 9.59 Å². The number of aromatic amines is 1. The quantitative estimate of drug-likeness (QED) is 0.690. The smallest absolute Gasteiger partial charge is 0.267 e. The molecule has 3 aromatic rings. The predicted octanol–water partition coefficient (Wildman–Crippen LogP) is 2.60. The van der Waals surface area contributed by atoms with Gasteiger partial charge in [-0.25, -0.2) is 4.39 Å². The van der Waals surface area contributed by atoms with Crippen LogP contribution in [0.2, 0.25) is 0 Å². The molecule has 0 bridgehead atoms. The maximum absolute atomic E-state index is 13.7. The summed E-state index contributed by atoms with van der Waals surface area (Å²) in [6.45, 7) is 0.310. The minimum absolute atomic E-state index is 0.161. The average molecular weight is 325 g/mol. The SMILES string of the molecule is CNC(=O)c1ccc(CNC(=O)c2cc3c(F)cccc3[nH]2)cc1. The average Bonchev–Trinajstić information content (AvgIpc) is 3.05. The molecule has 122 valence electrons. The second-order valence-electron chi connectivity index (χ2n) is 5.34. The third-order valence-corrected chi connectivity index (χ3v) is 3.75. The lowest BCUT2D eigenvalue weighted by molar-refractivity contribution is 0.0942. The molecule has 0 saturated carbocycles. The highest BCUT2D eigenvalue weighted by atomic mass is 19.1. The van der Waals surface area contributed by atoms with Crippen LogP contribution in [0.5, 0.6) is 0 Å². The zero-order valence-electron chi connectivity index (χ0n) is 13.0. The van der Waals surface area contributed by atoms with Gasteiger partial charge in [-0.15, -0.1) is 0 Å². The van der Waals surface area contributed by atoms with E-state index in [1.807, 2.05) is 0 Å². The van der Waals surface area contributed by atoms with Gasteiger partial charge in [0.1, 0.15) is 11.5 Å². The normalized spacial score (nSPS) is 10.6. The fourth-order valence-corrected chi connectivity index (χ4v) is 2.44. The van der Waals surface area contributed by atoms with Crippen LogP contribution in [0.1, 0.15) is 26.4 Å². The first kappa shape index (κ1) is 15.7. The Bertz CT molecular complexity index is 900. The van der Waals surface area contributed by atoms with E-state index in [1.165, 1.54) is 12.1 Å². The number of amides is 2. The van der Waals surface area contributed by atoms with Gasteiger partial charge in [0.2, 0.25) is 0 Å². The van der Waals surface area contributed by atoms with Gasteiger partial charge >= 0.3 is 0 Å². The van der Waals surface area contributed by atoms with Crippen molar-refractivity contribution in [2.24, 2.45) is 0 Å². The van der Waals surface area contributed by atoms with E-state index in [9.17, 15) is 14.0 Å². The highest BCUT2D eigenvalue weighted by Gasteiger charge is 2.11. The summed E-state index contributed by atoms with van der Waals surface area (Å²) in [5.41, 5.74) is 2.30. The Morgan fingerprint density at radius 1 is 1.08 bits per heavy atom. The van der Waals surface area contributed by atoms with Crippen molar-refractivity contribution in [2.45, 2.75) is 6.54 Å². The standard InChI is InChI=1S/C18H16FN3O2/c1-20-17(23)12-7-5-11(6-8-12)10-21-18(24)16-9-13-14(19)3-2-4-15(13)22-16/h2-9,22H,10H2,1H3,(H,20,23)(H,21,24). The molecule has 0 atom stereocenters. The molecule has 2 amide bonds. The van der Waals surface area contributed by atoms with Gasteiger partial charge in [-0.05, 0) is 35.9 Å². The molecule has 0 saturated heterocycles. The molecule has 5 nitrogen and oxygen atoms in total. The van der Waals surface area contributed by atoms with E-state index in [1.54, 1.807) is 43.4 Å². The number of carbonyl (C=O) groups excluding carboxylic acids is 2. The second kappa shape index (κ2) is 6.54. The summed E-state index contributed by atoms with van der Waals surface area (Å²) in [6.07, 6.45) is 0. The van der Waals surface area contributed by atoms with Crippen molar-refractivity contribution >= 4 is 22.7 Å². The number of benzene rings is 2. The van der Waals surface area contributed by atoms with Gasteiger partial charge in [-0.1, -0.05) is 18.2 Å². The molecule has 1 aromatic heterocycles. The fraction of sp³-hybridized carbons (Fsp3) is 0.111. The van der Waals surface area contributed by atoms with Gasteiger partial charge in [0.25, 0.3) is 11.8 Å². The third-order valence-electron chi connectivity index (χ3n) is 3.75. The summed E-state index contributed by atoms with van der Waals surface area (Å²) in [6, 6.07) is 13.1. The molecule has 0 radical (unpaired) electrons. The van der Waals surface area contributed by atoms with E-state index < -0.39 is 0 Å². The van der Waals surface area contributed by atoms with Crippen LogP contribution in [-0.2, 0) is 6.54 Å². The van der Waals surface area contributed by atoms with Gasteiger partial charge in [0.15, 0.2) is 0 Å². The van der Waals surface area contributed by atoms with E-state index >= 15 is 0 Å². The number of H-pyrrole nitrogens is 1. The zero-order valence-corrected chi connectivity index (χ0v) is 13.0. The van der Waals surface area contributed by atoms with Gasteiger partial charge in [-0.2, -0.15) is 0 Å². The number of halogens is 1. The molecule has 0 aliphatic heterocycles. The molecule has 2 aromatic carbocycles. The summed E-state index contributed by atoms with van der Waals surface area (Å²) in [5.74, 6) is -0.848. The van der Waals surface area contributed by atoms with E-state index in [0.29, 0.717) is 28.7 Å². The molecule has 6 heteroatoms. The number of carbonyl (C=O) groups is 2. The van der Waals surface area contributed by atoms with E-state index in [4.69, 9.17) is 0 Å². The highest BCUT2D eigenvalue weighted by molar-refractivity contribution is 5.98. The highest BCUT2D eigenvalue weighted by Crippen LogP contribution is 2.18. The van der Waals surface area contributed by atoms with E-state index in [2.05, 4.69) is 15.6 Å². The topological polar surface area (TPSA) is 74.0 Å². The molecular weight excluding hydrogens is 309 g/mol. The second-order valence-corrected chi connectivity index (χ2v) is 5.34. The van der Waals surface area contributed by atoms with Crippen molar-refractivity contribution in [3.63, 3.8) is 0 Å². The lowest BCUT2D eigenvalue weighted by Gasteiger charge is -2.05. The fourth-order valence-electron chi connectivity index (χ4n) is 2.44. The predicted molar refractivity (Wildman–Crippen MR) is 89.3 cm³/mol. The van der Waals surface area contributed by atoms with Crippen molar-refractivity contribution in [1.29, 1.82) is 0 Å². The van der Waals surface area contributed by atoms with Crippen LogP contribution >= 0.6 is 0 Å². The van der Waals surface area contributed by atoms with Crippen LogP contribution in [0.3, 0.4) is 0 Å². The van der Waals surface area contributed by atoms with Gasteiger partial charge in [0.05, 0.1) is 0 Å². The number of nitrogens with one attached hydrogen (secondary N) is 3. The molecule has 3 rings (SSSR count). The summed E-state index contributed by atoms with van der Waals surface area (Å²) >= 11 is 0. The van der Waals surface area contributed by atoms with Crippen LogP contribution in [-0.4, -0.2) is 23.8 Å². The summed E-state index contributed by atoms with van der Waals surface area (Å²) in [5, 5.41) is 5.70. The first-order chi connectivity index (χ1) is 11.6. The van der Waals surface area contributed by atoms with Crippen molar-refractivity contribution in [1.82, 2.24) is 15.6 Å². The van der Waals surface area contributed by atoms with Crippen LogP contribution in [0, 0.1) is 5.82 Å². The molecule has 0 spiro atoms. The largest absolute Gasteiger partial charge is 0.355 e. The maximum atomic E-state index is 13.7. The summed E-state index contributed by atoms with van der Waals surface area (Å²) < 4.78 is 13.7. The lowest BCUT2D eigenvalue weighted by Crippen LogP contribution is -2.23. The number of aromatic nitrogens is 1. The molecule has 3 N–H and O–H groups in total. The van der Waals surface area contributed by atoms with Crippen LogP contribution in [0.4, 0.5) is 4.39 Å². The van der Waals surface area contributed by atoms with Crippen molar-refractivity contribution in [2.75, 3.05) is 7.05 Å². The number of rotatable bonds is 4. The van der Waals surface area contributed by atoms with E-state index in [-0.39, 0.29) is 17.6 Å². The third kappa shape index (κ3) is 3.12. The molecule has 0 aliphatic carbocycles. The van der Waals surface area contributed by atoms with Crippen molar-refractivity contribution in [3.8, 4) is 0 Å². The molecule has 0 fully saturated rings. The maximum Gasteiger partial charge on any atom is 0.267 e. The number of hydrogen-bond acceptors (Lipinski definition) is 2. The Morgan fingerprint density at radius 2 is 1.83 bits per heavy atom. The first-order valence-corrected chi connectivity index (χ1v) is 7.45. The molecule has 0 unspecified atom stereocenters. The number of fused-ring (bicyclic) bond motifs is 1. The van der Waals surface area contributed by atoms with Crippen molar-refractivity contribution < 1.29 is 14.0 Å². The minimum Gasteiger partial charge on any atom is -0.355 e. The minimum atomic E-state index is -0.368.